The van der Waals surface area contributed by atoms with Gasteiger partial charge in [0, 0.05) is 19.3 Å². The van der Waals surface area contributed by atoms with E-state index in [0.29, 0.717) is 19.3 Å². The van der Waals surface area contributed by atoms with E-state index in [2.05, 4.69) is 57.2 Å². The number of ether oxygens (including phenoxy) is 3. The highest BCUT2D eigenvalue weighted by atomic mass is 16.6. The van der Waals surface area contributed by atoms with Crippen molar-refractivity contribution in [1.29, 1.82) is 0 Å². The minimum atomic E-state index is -0.773. The molecule has 404 valence electrons. The van der Waals surface area contributed by atoms with Crippen LogP contribution >= 0.6 is 0 Å². The highest BCUT2D eigenvalue weighted by Gasteiger charge is 2.19. The fourth-order valence-corrected chi connectivity index (χ4v) is 9.04. The average molecular weight is 970 g/mol. The molecule has 0 aliphatic heterocycles. The van der Waals surface area contributed by atoms with Gasteiger partial charge in [-0.3, -0.25) is 14.4 Å². The van der Waals surface area contributed by atoms with E-state index in [9.17, 15) is 14.4 Å². The molecule has 1 atom stereocenters. The molecule has 0 aliphatic carbocycles. The molecular formula is C63H116O6. The number of esters is 3. The van der Waals surface area contributed by atoms with E-state index < -0.39 is 6.10 Å². The normalized spacial score (nSPS) is 12.2. The Kier molecular flexibility index (Phi) is 56.2. The van der Waals surface area contributed by atoms with E-state index in [-0.39, 0.29) is 31.1 Å². The van der Waals surface area contributed by atoms with Crippen molar-refractivity contribution in [2.24, 2.45) is 0 Å². The minimum Gasteiger partial charge on any atom is -0.462 e. The van der Waals surface area contributed by atoms with Gasteiger partial charge >= 0.3 is 17.9 Å². The van der Waals surface area contributed by atoms with Gasteiger partial charge in [0.15, 0.2) is 6.10 Å². The monoisotopic (exact) mass is 969 g/mol. The minimum absolute atomic E-state index is 0.0711. The van der Waals surface area contributed by atoms with Crippen molar-refractivity contribution in [2.45, 2.75) is 335 Å². The zero-order chi connectivity index (χ0) is 50.0. The van der Waals surface area contributed by atoms with Gasteiger partial charge < -0.3 is 14.2 Å². The number of unbranched alkanes of at least 4 members (excludes halogenated alkanes) is 39. The maximum Gasteiger partial charge on any atom is 0.306 e. The van der Waals surface area contributed by atoms with Crippen LogP contribution in [-0.2, 0) is 28.6 Å². The second kappa shape index (κ2) is 58.2. The standard InChI is InChI=1S/C63H116O6/c1-4-7-10-13-16-19-22-25-28-29-30-31-32-33-36-38-41-44-47-50-53-56-62(65)68-59-60(69-63(66)57-54-51-48-45-42-39-35-27-24-21-18-15-12-9-6-3)58-67-61(64)55-52-49-46-43-40-37-34-26-23-20-17-14-11-8-5-2/h22,25,29-30,32-33,60H,4-21,23-24,26-28,31,34-59H2,1-3H3/b25-22-,30-29-,33-32-. The largest absolute Gasteiger partial charge is 0.462 e. The molecule has 0 aliphatic rings. The number of hydrogen-bond acceptors (Lipinski definition) is 6. The van der Waals surface area contributed by atoms with Gasteiger partial charge in [-0.05, 0) is 57.8 Å². The van der Waals surface area contributed by atoms with Gasteiger partial charge in [0.05, 0.1) is 0 Å². The van der Waals surface area contributed by atoms with Crippen LogP contribution in [0, 0.1) is 0 Å². The number of hydrogen-bond donors (Lipinski definition) is 0. The lowest BCUT2D eigenvalue weighted by Gasteiger charge is -2.18. The van der Waals surface area contributed by atoms with Crippen LogP contribution in [0.4, 0.5) is 0 Å². The molecule has 0 amide bonds. The van der Waals surface area contributed by atoms with Gasteiger partial charge in [0.2, 0.25) is 0 Å². The van der Waals surface area contributed by atoms with Crippen LogP contribution < -0.4 is 0 Å². The molecule has 0 aromatic heterocycles. The lowest BCUT2D eigenvalue weighted by Crippen LogP contribution is -2.30. The molecule has 0 rings (SSSR count). The van der Waals surface area contributed by atoms with Crippen molar-refractivity contribution in [1.82, 2.24) is 0 Å². The lowest BCUT2D eigenvalue weighted by atomic mass is 10.0. The summed E-state index contributed by atoms with van der Waals surface area (Å²) < 4.78 is 16.9. The molecule has 0 heterocycles. The van der Waals surface area contributed by atoms with E-state index in [1.165, 1.54) is 212 Å². The molecule has 6 heteroatoms. The van der Waals surface area contributed by atoms with Crippen molar-refractivity contribution < 1.29 is 28.6 Å². The van der Waals surface area contributed by atoms with Gasteiger partial charge in [0.25, 0.3) is 0 Å². The van der Waals surface area contributed by atoms with Gasteiger partial charge in [-0.1, -0.05) is 288 Å². The summed E-state index contributed by atoms with van der Waals surface area (Å²) in [5.41, 5.74) is 0. The second-order valence-corrected chi connectivity index (χ2v) is 20.6. The smallest absolute Gasteiger partial charge is 0.306 e. The molecular weight excluding hydrogens is 853 g/mol. The Balaban J connectivity index is 4.34. The summed E-state index contributed by atoms with van der Waals surface area (Å²) in [5, 5.41) is 0. The van der Waals surface area contributed by atoms with Crippen molar-refractivity contribution in [3.05, 3.63) is 36.5 Å². The van der Waals surface area contributed by atoms with E-state index in [4.69, 9.17) is 14.2 Å². The number of allylic oxidation sites excluding steroid dienone is 6. The predicted molar refractivity (Wildman–Crippen MR) is 298 cm³/mol. The first-order valence-electron chi connectivity index (χ1n) is 30.5. The Morgan fingerprint density at radius 3 is 0.812 bits per heavy atom. The van der Waals surface area contributed by atoms with Gasteiger partial charge in [-0.25, -0.2) is 0 Å². The van der Waals surface area contributed by atoms with Crippen molar-refractivity contribution in [3.63, 3.8) is 0 Å². The number of carbonyl (C=O) groups is 3. The third-order valence-electron chi connectivity index (χ3n) is 13.6. The van der Waals surface area contributed by atoms with Gasteiger partial charge in [0.1, 0.15) is 13.2 Å². The Bertz CT molecular complexity index is 1160. The molecule has 0 N–H and O–H groups in total. The molecule has 0 aromatic rings. The first kappa shape index (κ1) is 66.6. The number of carbonyl (C=O) groups excluding carboxylic acids is 3. The molecule has 0 saturated heterocycles. The predicted octanol–water partition coefficient (Wildman–Crippen LogP) is 20.4. The summed E-state index contributed by atoms with van der Waals surface area (Å²) >= 11 is 0. The zero-order valence-electron chi connectivity index (χ0n) is 46.3. The molecule has 0 fully saturated rings. The van der Waals surface area contributed by atoms with Crippen LogP contribution in [0.5, 0.6) is 0 Å². The Labute approximate surface area is 429 Å². The molecule has 1 unspecified atom stereocenters. The third kappa shape index (κ3) is 56.4. The Morgan fingerprint density at radius 2 is 0.522 bits per heavy atom. The maximum absolute atomic E-state index is 12.9. The summed E-state index contributed by atoms with van der Waals surface area (Å²) in [5.74, 6) is -0.862. The third-order valence-corrected chi connectivity index (χ3v) is 13.6. The SMILES string of the molecule is CCCCCCC/C=C\C/C=C\C/C=C\CCCCCCCCC(=O)OCC(COC(=O)CCCCCCCCCCCCCCCCC)OC(=O)CCCCCCCCCCCCCCCCC. The quantitative estimate of drug-likeness (QED) is 0.0261. The van der Waals surface area contributed by atoms with Crippen molar-refractivity contribution in [2.75, 3.05) is 13.2 Å². The van der Waals surface area contributed by atoms with E-state index >= 15 is 0 Å². The Morgan fingerprint density at radius 1 is 0.290 bits per heavy atom. The van der Waals surface area contributed by atoms with Crippen molar-refractivity contribution in [3.8, 4) is 0 Å². The fraction of sp³-hybridized carbons (Fsp3) is 0.857. The first-order chi connectivity index (χ1) is 34.0. The molecule has 6 nitrogen and oxygen atoms in total. The van der Waals surface area contributed by atoms with Gasteiger partial charge in [-0.15, -0.1) is 0 Å². The van der Waals surface area contributed by atoms with Crippen LogP contribution in [-0.4, -0.2) is 37.2 Å². The molecule has 0 bridgehead atoms. The zero-order valence-corrected chi connectivity index (χ0v) is 46.3. The molecule has 69 heavy (non-hydrogen) atoms. The van der Waals surface area contributed by atoms with Crippen LogP contribution in [0.25, 0.3) is 0 Å². The van der Waals surface area contributed by atoms with Crippen LogP contribution in [0.1, 0.15) is 329 Å². The highest BCUT2D eigenvalue weighted by Crippen LogP contribution is 2.17. The van der Waals surface area contributed by atoms with Crippen LogP contribution in [0.3, 0.4) is 0 Å². The first-order valence-corrected chi connectivity index (χ1v) is 30.5. The maximum atomic E-state index is 12.9. The van der Waals surface area contributed by atoms with E-state index in [1.807, 2.05) is 0 Å². The lowest BCUT2D eigenvalue weighted by molar-refractivity contribution is -0.167. The van der Waals surface area contributed by atoms with E-state index in [0.717, 1.165) is 77.0 Å². The van der Waals surface area contributed by atoms with E-state index in [1.54, 1.807) is 0 Å². The topological polar surface area (TPSA) is 78.9 Å². The molecule has 0 radical (unpaired) electrons. The summed E-state index contributed by atoms with van der Waals surface area (Å²) in [6, 6.07) is 0. The van der Waals surface area contributed by atoms with Crippen molar-refractivity contribution >= 4 is 17.9 Å². The summed E-state index contributed by atoms with van der Waals surface area (Å²) in [7, 11) is 0. The average Bonchev–Trinajstić information content (AvgIpc) is 3.35. The molecule has 0 spiro atoms. The summed E-state index contributed by atoms with van der Waals surface area (Å²) in [4.78, 5) is 38.2. The second-order valence-electron chi connectivity index (χ2n) is 20.6. The Hall–Kier alpha value is -2.37. The van der Waals surface area contributed by atoms with Crippen LogP contribution in [0.2, 0.25) is 0 Å². The summed E-state index contributed by atoms with van der Waals surface area (Å²) in [6.45, 7) is 6.67. The number of rotatable bonds is 56. The van der Waals surface area contributed by atoms with Gasteiger partial charge in [-0.2, -0.15) is 0 Å². The highest BCUT2D eigenvalue weighted by molar-refractivity contribution is 5.71. The molecule has 0 aromatic carbocycles. The fourth-order valence-electron chi connectivity index (χ4n) is 9.04. The summed E-state index contributed by atoms with van der Waals surface area (Å²) in [6.07, 6.45) is 69.9. The van der Waals surface area contributed by atoms with Crippen LogP contribution in [0.15, 0.2) is 36.5 Å². The molecule has 0 saturated carbocycles.